The smallest absolute Gasteiger partial charge is 0.159 e. The van der Waals surface area contributed by atoms with E-state index in [4.69, 9.17) is 18.0 Å². The molecule has 0 radical (unpaired) electrons. The van der Waals surface area contributed by atoms with E-state index in [2.05, 4.69) is 5.32 Å². The molecule has 14 heavy (non-hydrogen) atoms. The molecule has 3 nitrogen and oxygen atoms in total. The van der Waals surface area contributed by atoms with Gasteiger partial charge in [-0.3, -0.25) is 4.79 Å². The highest BCUT2D eigenvalue weighted by atomic mass is 32.1. The number of nitrogens with one attached hydrogen (secondary N) is 1. The number of hydrogen-bond donors (Lipinski definition) is 2. The first-order valence-electron chi connectivity index (χ1n) is 4.23. The lowest BCUT2D eigenvalue weighted by Gasteiger charge is -2.04. The summed E-state index contributed by atoms with van der Waals surface area (Å²) in [5.41, 5.74) is 6.94. The number of hydrogen-bond acceptors (Lipinski definition) is 3. The molecule has 4 heteroatoms. The van der Waals surface area contributed by atoms with Gasteiger partial charge in [0.1, 0.15) is 0 Å². The molecule has 0 heterocycles. The van der Waals surface area contributed by atoms with E-state index in [-0.39, 0.29) is 5.78 Å². The van der Waals surface area contributed by atoms with E-state index in [9.17, 15) is 4.79 Å². The van der Waals surface area contributed by atoms with E-state index in [1.165, 1.54) is 6.92 Å². The minimum absolute atomic E-state index is 0.0610. The van der Waals surface area contributed by atoms with Gasteiger partial charge in [-0.1, -0.05) is 12.2 Å². The van der Waals surface area contributed by atoms with Crippen LogP contribution in [0.2, 0.25) is 0 Å². The summed E-state index contributed by atoms with van der Waals surface area (Å²) in [7, 11) is 0. The number of benzene rings is 1. The van der Waals surface area contributed by atoms with Gasteiger partial charge in [-0.25, -0.2) is 0 Å². The highest BCUT2D eigenvalue weighted by molar-refractivity contribution is 7.80. The van der Waals surface area contributed by atoms with Crippen LogP contribution in [0.25, 0.3) is 0 Å². The van der Waals surface area contributed by atoms with Crippen LogP contribution in [0.3, 0.4) is 0 Å². The first-order chi connectivity index (χ1) is 6.59. The van der Waals surface area contributed by atoms with Gasteiger partial charge < -0.3 is 11.1 Å². The average Bonchev–Trinajstić information content (AvgIpc) is 2.15. The minimum atomic E-state index is 0.0610. The standard InChI is InChI=1S/C10H12N2OS/c1-7(13)8-2-4-9(5-3-8)12-6-10(11)14/h2-5,12H,6H2,1H3,(H2,11,14). The molecule has 0 aliphatic carbocycles. The second-order valence-electron chi connectivity index (χ2n) is 2.95. The number of anilines is 1. The number of carbonyl (C=O) groups excluding carboxylic acids is 1. The van der Waals surface area contributed by atoms with Crippen molar-refractivity contribution in [1.82, 2.24) is 0 Å². The minimum Gasteiger partial charge on any atom is -0.392 e. The zero-order valence-corrected chi connectivity index (χ0v) is 8.73. The highest BCUT2D eigenvalue weighted by Gasteiger charge is 1.98. The van der Waals surface area contributed by atoms with Crippen LogP contribution in [-0.2, 0) is 0 Å². The molecule has 0 aliphatic rings. The van der Waals surface area contributed by atoms with Crippen molar-refractivity contribution in [2.75, 3.05) is 11.9 Å². The maximum absolute atomic E-state index is 11.0. The SMILES string of the molecule is CC(=O)c1ccc(NCC(N)=S)cc1. The Kier molecular flexibility index (Phi) is 3.59. The fourth-order valence-corrected chi connectivity index (χ4v) is 1.08. The van der Waals surface area contributed by atoms with Crippen LogP contribution in [0, 0.1) is 0 Å². The lowest BCUT2D eigenvalue weighted by molar-refractivity contribution is 0.101. The zero-order chi connectivity index (χ0) is 10.6. The van der Waals surface area contributed by atoms with Gasteiger partial charge in [0.05, 0.1) is 11.5 Å². The second-order valence-corrected chi connectivity index (χ2v) is 3.48. The molecule has 0 amide bonds. The Morgan fingerprint density at radius 3 is 2.43 bits per heavy atom. The number of rotatable bonds is 4. The van der Waals surface area contributed by atoms with Gasteiger partial charge in [-0.15, -0.1) is 0 Å². The van der Waals surface area contributed by atoms with Crippen LogP contribution in [-0.4, -0.2) is 17.3 Å². The summed E-state index contributed by atoms with van der Waals surface area (Å²) < 4.78 is 0. The molecule has 0 aliphatic heterocycles. The first kappa shape index (κ1) is 10.7. The van der Waals surface area contributed by atoms with Gasteiger partial charge in [0.25, 0.3) is 0 Å². The molecular weight excluding hydrogens is 196 g/mol. The lowest BCUT2D eigenvalue weighted by atomic mass is 10.1. The van der Waals surface area contributed by atoms with Crippen LogP contribution < -0.4 is 11.1 Å². The Hall–Kier alpha value is -1.42. The van der Waals surface area contributed by atoms with E-state index in [0.29, 0.717) is 17.1 Å². The molecule has 74 valence electrons. The largest absolute Gasteiger partial charge is 0.392 e. The third-order valence-corrected chi connectivity index (χ3v) is 1.90. The highest BCUT2D eigenvalue weighted by Crippen LogP contribution is 2.09. The van der Waals surface area contributed by atoms with Crippen LogP contribution in [0.15, 0.2) is 24.3 Å². The summed E-state index contributed by atoms with van der Waals surface area (Å²) in [6.07, 6.45) is 0. The predicted octanol–water partition coefficient (Wildman–Crippen LogP) is 1.59. The van der Waals surface area contributed by atoms with Gasteiger partial charge in [-0.05, 0) is 31.2 Å². The predicted molar refractivity (Wildman–Crippen MR) is 61.7 cm³/mol. The molecular formula is C10H12N2OS. The van der Waals surface area contributed by atoms with Crippen LogP contribution in [0.4, 0.5) is 5.69 Å². The Balaban J connectivity index is 2.64. The van der Waals surface area contributed by atoms with Crippen molar-refractivity contribution in [3.63, 3.8) is 0 Å². The molecule has 0 fully saturated rings. The van der Waals surface area contributed by atoms with E-state index in [1.54, 1.807) is 12.1 Å². The summed E-state index contributed by atoms with van der Waals surface area (Å²) >= 11 is 4.72. The van der Waals surface area contributed by atoms with Crippen molar-refractivity contribution in [3.8, 4) is 0 Å². The quantitative estimate of drug-likeness (QED) is 0.582. The molecule has 1 aromatic carbocycles. The molecule has 0 aromatic heterocycles. The third-order valence-electron chi connectivity index (χ3n) is 1.76. The van der Waals surface area contributed by atoms with E-state index >= 15 is 0 Å². The Morgan fingerprint density at radius 1 is 1.43 bits per heavy atom. The van der Waals surface area contributed by atoms with Crippen molar-refractivity contribution >= 4 is 28.7 Å². The van der Waals surface area contributed by atoms with Gasteiger partial charge in [0, 0.05) is 11.3 Å². The Bertz CT molecular complexity index is 346. The van der Waals surface area contributed by atoms with Crippen molar-refractivity contribution in [2.45, 2.75) is 6.92 Å². The fraction of sp³-hybridized carbons (Fsp3) is 0.200. The van der Waals surface area contributed by atoms with Crippen molar-refractivity contribution in [3.05, 3.63) is 29.8 Å². The molecule has 0 spiro atoms. The van der Waals surface area contributed by atoms with E-state index < -0.39 is 0 Å². The van der Waals surface area contributed by atoms with Gasteiger partial charge >= 0.3 is 0 Å². The maximum Gasteiger partial charge on any atom is 0.159 e. The molecule has 0 saturated heterocycles. The molecule has 3 N–H and O–H groups in total. The second kappa shape index (κ2) is 4.72. The van der Waals surface area contributed by atoms with Crippen molar-refractivity contribution < 1.29 is 4.79 Å². The molecule has 0 atom stereocenters. The van der Waals surface area contributed by atoms with Crippen LogP contribution in [0.5, 0.6) is 0 Å². The summed E-state index contributed by atoms with van der Waals surface area (Å²) in [5, 5.41) is 3.03. The molecule has 0 bridgehead atoms. The summed E-state index contributed by atoms with van der Waals surface area (Å²) in [4.78, 5) is 11.4. The Labute approximate surface area is 88.3 Å². The molecule has 1 rings (SSSR count). The molecule has 0 unspecified atom stereocenters. The zero-order valence-electron chi connectivity index (χ0n) is 7.91. The number of nitrogens with two attached hydrogens (primary N) is 1. The van der Waals surface area contributed by atoms with Crippen LogP contribution in [0.1, 0.15) is 17.3 Å². The van der Waals surface area contributed by atoms with E-state index in [0.717, 1.165) is 5.69 Å². The number of ketones is 1. The summed E-state index contributed by atoms with van der Waals surface area (Å²) in [5.74, 6) is 0.0610. The van der Waals surface area contributed by atoms with Crippen molar-refractivity contribution in [1.29, 1.82) is 0 Å². The van der Waals surface area contributed by atoms with Crippen molar-refractivity contribution in [2.24, 2.45) is 5.73 Å². The van der Waals surface area contributed by atoms with Gasteiger partial charge in [0.15, 0.2) is 5.78 Å². The first-order valence-corrected chi connectivity index (χ1v) is 4.63. The maximum atomic E-state index is 11.0. The number of carbonyl (C=O) groups is 1. The number of Topliss-reactive ketones (excluding diaryl/α,β-unsaturated/α-hetero) is 1. The third kappa shape index (κ3) is 3.14. The summed E-state index contributed by atoms with van der Waals surface area (Å²) in [6.45, 7) is 2.01. The number of thiocarbonyl (C=S) groups is 1. The fourth-order valence-electron chi connectivity index (χ4n) is 1.01. The molecule has 0 saturated carbocycles. The normalized spacial score (nSPS) is 9.50. The van der Waals surface area contributed by atoms with Gasteiger partial charge in [-0.2, -0.15) is 0 Å². The molecule has 1 aromatic rings. The van der Waals surface area contributed by atoms with Crippen LogP contribution >= 0.6 is 12.2 Å². The monoisotopic (exact) mass is 208 g/mol. The van der Waals surface area contributed by atoms with Gasteiger partial charge in [0.2, 0.25) is 0 Å². The van der Waals surface area contributed by atoms with E-state index in [1.807, 2.05) is 12.1 Å². The topological polar surface area (TPSA) is 55.1 Å². The Morgan fingerprint density at radius 2 is 2.00 bits per heavy atom. The lowest BCUT2D eigenvalue weighted by Crippen LogP contribution is -2.19. The summed E-state index contributed by atoms with van der Waals surface area (Å²) in [6, 6.07) is 7.19. The average molecular weight is 208 g/mol.